The van der Waals surface area contributed by atoms with E-state index < -0.39 is 0 Å². The Kier molecular flexibility index (Phi) is 5.74. The minimum absolute atomic E-state index is 0.0180. The van der Waals surface area contributed by atoms with Crippen LogP contribution < -0.4 is 14.8 Å². The molecule has 0 aliphatic rings. The van der Waals surface area contributed by atoms with Crippen molar-refractivity contribution in [3.05, 3.63) is 66.6 Å². The Morgan fingerprint density at radius 3 is 2.81 bits per heavy atom. The van der Waals surface area contributed by atoms with E-state index in [4.69, 9.17) is 9.47 Å². The first-order valence-corrected chi connectivity index (χ1v) is 9.63. The smallest absolute Gasteiger partial charge is 0.230 e. The summed E-state index contributed by atoms with van der Waals surface area (Å²) in [5.74, 6) is 0.604. The Morgan fingerprint density at radius 1 is 1.16 bits per heavy atom. The molecule has 4 rings (SSSR count). The standard InChI is InChI=1S/C22H20FN5O3/c1-3-28-13-15(11-26-28)27-22(29)10-19-21(30-2)9-16(12-25-19)31-20-6-7-24-18-5-4-14(23)8-17(18)20/h4-9,11-13H,3,10H2,1-2H3,(H,27,29). The fourth-order valence-electron chi connectivity index (χ4n) is 3.09. The zero-order chi connectivity index (χ0) is 21.8. The maximum Gasteiger partial charge on any atom is 0.230 e. The molecule has 1 aromatic carbocycles. The van der Waals surface area contributed by atoms with Crippen LogP contribution in [-0.4, -0.2) is 32.8 Å². The third-order valence-corrected chi connectivity index (χ3v) is 4.59. The highest BCUT2D eigenvalue weighted by molar-refractivity contribution is 5.92. The van der Waals surface area contributed by atoms with Gasteiger partial charge >= 0.3 is 0 Å². The van der Waals surface area contributed by atoms with Gasteiger partial charge in [0.15, 0.2) is 0 Å². The molecule has 0 spiro atoms. The summed E-state index contributed by atoms with van der Waals surface area (Å²) in [5.41, 5.74) is 1.68. The summed E-state index contributed by atoms with van der Waals surface area (Å²) in [6.45, 7) is 2.67. The summed E-state index contributed by atoms with van der Waals surface area (Å²) >= 11 is 0. The van der Waals surface area contributed by atoms with Gasteiger partial charge in [-0.3, -0.25) is 19.4 Å². The number of amides is 1. The van der Waals surface area contributed by atoms with Crippen molar-refractivity contribution in [2.24, 2.45) is 0 Å². The highest BCUT2D eigenvalue weighted by Gasteiger charge is 2.14. The van der Waals surface area contributed by atoms with Crippen molar-refractivity contribution in [1.82, 2.24) is 19.7 Å². The molecule has 31 heavy (non-hydrogen) atoms. The van der Waals surface area contributed by atoms with Gasteiger partial charge in [0, 0.05) is 30.4 Å². The van der Waals surface area contributed by atoms with Crippen LogP contribution in [0, 0.1) is 5.82 Å². The molecule has 0 aliphatic heterocycles. The average Bonchev–Trinajstić information content (AvgIpc) is 3.22. The van der Waals surface area contributed by atoms with Crippen LogP contribution in [0.25, 0.3) is 10.9 Å². The summed E-state index contributed by atoms with van der Waals surface area (Å²) in [6.07, 6.45) is 6.43. The number of rotatable bonds is 7. The number of aryl methyl sites for hydroxylation is 1. The van der Waals surface area contributed by atoms with Gasteiger partial charge in [-0.1, -0.05) is 0 Å². The molecule has 3 heterocycles. The van der Waals surface area contributed by atoms with Gasteiger partial charge < -0.3 is 14.8 Å². The molecular weight excluding hydrogens is 401 g/mol. The number of nitrogens with one attached hydrogen (secondary N) is 1. The van der Waals surface area contributed by atoms with Crippen molar-refractivity contribution >= 4 is 22.5 Å². The van der Waals surface area contributed by atoms with Gasteiger partial charge in [0.2, 0.25) is 5.91 Å². The number of hydrogen-bond acceptors (Lipinski definition) is 6. The molecule has 3 aromatic heterocycles. The van der Waals surface area contributed by atoms with Crippen molar-refractivity contribution in [2.75, 3.05) is 12.4 Å². The fraction of sp³-hybridized carbons (Fsp3) is 0.182. The van der Waals surface area contributed by atoms with E-state index in [0.717, 1.165) is 0 Å². The van der Waals surface area contributed by atoms with Crippen LogP contribution >= 0.6 is 0 Å². The molecule has 9 heteroatoms. The molecule has 0 radical (unpaired) electrons. The van der Waals surface area contributed by atoms with E-state index in [1.807, 2.05) is 6.92 Å². The number of carbonyl (C=O) groups is 1. The Hall–Kier alpha value is -4.01. The number of halogens is 1. The summed E-state index contributed by atoms with van der Waals surface area (Å²) in [5, 5.41) is 7.45. The predicted octanol–water partition coefficient (Wildman–Crippen LogP) is 3.97. The number of anilines is 1. The van der Waals surface area contributed by atoms with Crippen molar-refractivity contribution in [3.8, 4) is 17.2 Å². The lowest BCUT2D eigenvalue weighted by molar-refractivity contribution is -0.115. The van der Waals surface area contributed by atoms with Crippen LogP contribution in [0.4, 0.5) is 10.1 Å². The molecule has 0 fully saturated rings. The van der Waals surface area contributed by atoms with Crippen molar-refractivity contribution in [1.29, 1.82) is 0 Å². The number of ether oxygens (including phenoxy) is 2. The Bertz CT molecular complexity index is 1240. The SMILES string of the molecule is CCn1cc(NC(=O)Cc2ncc(Oc3ccnc4ccc(F)cc34)cc2OC)cn1. The molecule has 0 saturated carbocycles. The zero-order valence-electron chi connectivity index (χ0n) is 17.0. The minimum atomic E-state index is -0.383. The number of benzene rings is 1. The molecular formula is C22H20FN5O3. The largest absolute Gasteiger partial charge is 0.495 e. The van der Waals surface area contributed by atoms with Crippen molar-refractivity contribution in [2.45, 2.75) is 19.9 Å². The van der Waals surface area contributed by atoms with Crippen LogP contribution in [0.3, 0.4) is 0 Å². The molecule has 0 unspecified atom stereocenters. The third-order valence-electron chi connectivity index (χ3n) is 4.59. The normalized spacial score (nSPS) is 10.8. The summed E-state index contributed by atoms with van der Waals surface area (Å²) < 4.78 is 26.7. The molecule has 158 valence electrons. The summed E-state index contributed by atoms with van der Waals surface area (Å²) in [7, 11) is 1.49. The maximum absolute atomic E-state index is 13.7. The molecule has 0 saturated heterocycles. The van der Waals surface area contributed by atoms with Gasteiger partial charge in [-0.25, -0.2) is 4.39 Å². The Labute approximate surface area is 177 Å². The van der Waals surface area contributed by atoms with Crippen LogP contribution in [0.2, 0.25) is 0 Å². The molecule has 0 bridgehead atoms. The second-order valence-electron chi connectivity index (χ2n) is 6.70. The average molecular weight is 421 g/mol. The van der Waals surface area contributed by atoms with Gasteiger partial charge in [0.05, 0.1) is 42.8 Å². The summed E-state index contributed by atoms with van der Waals surface area (Å²) in [4.78, 5) is 20.9. The van der Waals surface area contributed by atoms with Crippen LogP contribution in [0.15, 0.2) is 55.1 Å². The highest BCUT2D eigenvalue weighted by Crippen LogP contribution is 2.31. The first-order valence-electron chi connectivity index (χ1n) is 9.63. The lowest BCUT2D eigenvalue weighted by atomic mass is 10.2. The molecule has 4 aromatic rings. The van der Waals surface area contributed by atoms with Crippen LogP contribution in [0.1, 0.15) is 12.6 Å². The van der Waals surface area contributed by atoms with E-state index in [-0.39, 0.29) is 18.1 Å². The second-order valence-corrected chi connectivity index (χ2v) is 6.70. The summed E-state index contributed by atoms with van der Waals surface area (Å²) in [6, 6.07) is 7.57. The maximum atomic E-state index is 13.7. The Balaban J connectivity index is 1.52. The van der Waals surface area contributed by atoms with Crippen molar-refractivity contribution in [3.63, 3.8) is 0 Å². The highest BCUT2D eigenvalue weighted by atomic mass is 19.1. The van der Waals surface area contributed by atoms with Gasteiger partial charge in [0.1, 0.15) is 23.1 Å². The molecule has 0 aliphatic carbocycles. The van der Waals surface area contributed by atoms with E-state index in [1.165, 1.54) is 25.4 Å². The topological polar surface area (TPSA) is 91.2 Å². The van der Waals surface area contributed by atoms with Crippen molar-refractivity contribution < 1.29 is 18.7 Å². The lowest BCUT2D eigenvalue weighted by Crippen LogP contribution is -2.15. The van der Waals surface area contributed by atoms with Gasteiger partial charge in [-0.05, 0) is 31.2 Å². The number of nitrogens with zero attached hydrogens (tertiary/aromatic N) is 4. The molecule has 1 amide bonds. The Morgan fingerprint density at radius 2 is 2.03 bits per heavy atom. The molecule has 8 nitrogen and oxygen atoms in total. The van der Waals surface area contributed by atoms with E-state index in [2.05, 4.69) is 20.4 Å². The van der Waals surface area contributed by atoms with Gasteiger partial charge in [-0.2, -0.15) is 5.10 Å². The minimum Gasteiger partial charge on any atom is -0.495 e. The fourth-order valence-corrected chi connectivity index (χ4v) is 3.09. The number of hydrogen-bond donors (Lipinski definition) is 1. The van der Waals surface area contributed by atoms with E-state index in [0.29, 0.717) is 46.1 Å². The van der Waals surface area contributed by atoms with E-state index in [9.17, 15) is 9.18 Å². The number of methoxy groups -OCH3 is 1. The number of aromatic nitrogens is 4. The number of fused-ring (bicyclic) bond motifs is 1. The van der Waals surface area contributed by atoms with E-state index in [1.54, 1.807) is 41.5 Å². The lowest BCUT2D eigenvalue weighted by Gasteiger charge is -2.12. The molecule has 0 atom stereocenters. The number of carbonyl (C=O) groups excluding carboxylic acids is 1. The monoisotopic (exact) mass is 421 g/mol. The quantitative estimate of drug-likeness (QED) is 0.486. The first kappa shape index (κ1) is 20.3. The van der Waals surface area contributed by atoms with Crippen LogP contribution in [0.5, 0.6) is 17.2 Å². The predicted molar refractivity (Wildman–Crippen MR) is 113 cm³/mol. The van der Waals surface area contributed by atoms with Crippen LogP contribution in [-0.2, 0) is 17.8 Å². The zero-order valence-corrected chi connectivity index (χ0v) is 17.0. The van der Waals surface area contributed by atoms with Gasteiger partial charge in [-0.15, -0.1) is 0 Å². The second kappa shape index (κ2) is 8.78. The number of pyridine rings is 2. The first-order chi connectivity index (χ1) is 15.1. The third kappa shape index (κ3) is 4.61. The molecule has 1 N–H and O–H groups in total. The van der Waals surface area contributed by atoms with E-state index >= 15 is 0 Å². The van der Waals surface area contributed by atoms with Gasteiger partial charge in [0.25, 0.3) is 0 Å².